The molecule has 0 aliphatic carbocycles. The summed E-state index contributed by atoms with van der Waals surface area (Å²) in [6.45, 7) is 4.92. The second kappa shape index (κ2) is 15.1. The van der Waals surface area contributed by atoms with E-state index in [1.54, 1.807) is 35.5 Å². The molecule has 0 spiro atoms. The van der Waals surface area contributed by atoms with Crippen molar-refractivity contribution in [2.24, 2.45) is 20.5 Å². The zero-order chi connectivity index (χ0) is 31.6. The Hall–Kier alpha value is -4.74. The first-order valence-corrected chi connectivity index (χ1v) is 15.0. The summed E-state index contributed by atoms with van der Waals surface area (Å²) in [7, 11) is 3.13. The molecule has 2 aromatic carbocycles. The molecular formula is C32H40N6O6. The maximum Gasteiger partial charge on any atom is 0.264 e. The topological polar surface area (TPSA) is 152 Å². The first kappa shape index (κ1) is 32.2. The lowest BCUT2D eigenvalue weighted by atomic mass is 10.1. The Morgan fingerprint density at radius 2 is 1.05 bits per heavy atom. The fourth-order valence-electron chi connectivity index (χ4n) is 5.27. The number of fused-ring (bicyclic) bond motifs is 2. The fourth-order valence-corrected chi connectivity index (χ4v) is 5.27. The van der Waals surface area contributed by atoms with Gasteiger partial charge in [0, 0.05) is 36.7 Å². The van der Waals surface area contributed by atoms with Crippen molar-refractivity contribution in [2.45, 2.75) is 78.3 Å². The van der Waals surface area contributed by atoms with Gasteiger partial charge in [0.1, 0.15) is 11.5 Å². The van der Waals surface area contributed by atoms with E-state index in [9.17, 15) is 19.8 Å². The molecule has 234 valence electrons. The molecule has 0 fully saturated rings. The minimum atomic E-state index is -0.341. The van der Waals surface area contributed by atoms with Crippen LogP contribution in [-0.2, 0) is 22.7 Å². The molecule has 0 saturated carbocycles. The number of aryl methyl sites for hydroxylation is 2. The Bertz CT molecular complexity index is 1560. The Kier molecular flexibility index (Phi) is 11.1. The van der Waals surface area contributed by atoms with Gasteiger partial charge in [0.25, 0.3) is 11.8 Å². The summed E-state index contributed by atoms with van der Waals surface area (Å²) >= 11 is 0. The molecule has 4 aromatic rings. The molecule has 0 aliphatic rings. The lowest BCUT2D eigenvalue weighted by Crippen LogP contribution is -1.93. The summed E-state index contributed by atoms with van der Waals surface area (Å²) in [6, 6.07) is 10.8. The molecule has 2 N–H and O–H groups in total. The maximum absolute atomic E-state index is 12.3. The third-order valence-corrected chi connectivity index (χ3v) is 7.62. The van der Waals surface area contributed by atoms with E-state index in [1.165, 1.54) is 0 Å². The summed E-state index contributed by atoms with van der Waals surface area (Å²) in [6.07, 6.45) is 5.47. The van der Waals surface area contributed by atoms with Crippen LogP contribution in [0.3, 0.4) is 0 Å². The lowest BCUT2D eigenvalue weighted by molar-refractivity contribution is -0.119. The number of rotatable bonds is 15. The van der Waals surface area contributed by atoms with Crippen LogP contribution >= 0.6 is 0 Å². The van der Waals surface area contributed by atoms with Crippen molar-refractivity contribution in [1.29, 1.82) is 0 Å². The molecule has 0 radical (unpaired) electrons. The Balaban J connectivity index is 1.18. The van der Waals surface area contributed by atoms with Crippen molar-refractivity contribution in [3.63, 3.8) is 0 Å². The number of carbonyl (C=O) groups excluding carboxylic acids is 2. The van der Waals surface area contributed by atoms with Crippen molar-refractivity contribution in [3.8, 4) is 23.3 Å². The van der Waals surface area contributed by atoms with Gasteiger partial charge < -0.3 is 28.8 Å². The number of ether oxygens (including phenoxy) is 2. The van der Waals surface area contributed by atoms with E-state index in [-0.39, 0.29) is 47.8 Å². The normalized spacial score (nSPS) is 11.8. The zero-order valence-electron chi connectivity index (χ0n) is 25.7. The molecule has 0 saturated heterocycles. The number of carbonyl (C=O) groups is 2. The fraction of sp³-hybridized carbons (Fsp3) is 0.438. The monoisotopic (exact) mass is 604 g/mol. The number of hydrogen-bond acceptors (Lipinski definition) is 8. The van der Waals surface area contributed by atoms with E-state index >= 15 is 0 Å². The summed E-state index contributed by atoms with van der Waals surface area (Å²) in [4.78, 5) is 24.7. The quantitative estimate of drug-likeness (QED) is 0.103. The van der Waals surface area contributed by atoms with Crippen LogP contribution in [0.1, 0.15) is 65.2 Å². The molecular weight excluding hydrogens is 564 g/mol. The second-order valence-corrected chi connectivity index (χ2v) is 10.4. The third kappa shape index (κ3) is 7.24. The summed E-state index contributed by atoms with van der Waals surface area (Å²) < 4.78 is 14.0. The highest BCUT2D eigenvalue weighted by Gasteiger charge is 2.18. The van der Waals surface area contributed by atoms with Crippen LogP contribution in [0, 0.1) is 0 Å². The van der Waals surface area contributed by atoms with E-state index in [0.717, 1.165) is 36.7 Å². The number of hydrogen-bond donors (Lipinski definition) is 2. The van der Waals surface area contributed by atoms with Gasteiger partial charge in [-0.2, -0.15) is 0 Å². The Labute approximate surface area is 256 Å². The number of azo groups is 2. The number of methoxy groups -OCH3 is 2. The summed E-state index contributed by atoms with van der Waals surface area (Å²) in [5.41, 5.74) is 2.09. The van der Waals surface area contributed by atoms with Gasteiger partial charge >= 0.3 is 0 Å². The van der Waals surface area contributed by atoms with Gasteiger partial charge in [-0.1, -0.05) is 25.7 Å². The highest BCUT2D eigenvalue weighted by molar-refractivity contribution is 5.97. The van der Waals surface area contributed by atoms with Gasteiger partial charge in [0.2, 0.25) is 11.8 Å². The van der Waals surface area contributed by atoms with Gasteiger partial charge in [0.15, 0.2) is 11.4 Å². The third-order valence-electron chi connectivity index (χ3n) is 7.62. The minimum absolute atomic E-state index is 0.0323. The van der Waals surface area contributed by atoms with E-state index in [4.69, 9.17) is 9.47 Å². The van der Waals surface area contributed by atoms with Gasteiger partial charge in [-0.15, -0.1) is 20.5 Å². The smallest absolute Gasteiger partial charge is 0.264 e. The standard InChI is InChI=1S/C32H40N6O6/c1-5-37-25-17-15-21(43-3)19-23(25)29(31(37)41)35-33-27(39)13-11-9-7-8-10-12-14-28(40)34-36-30-24-20-22(44-4)16-18-26(24)38(6-2)32(30)42/h15-20,41-42H,5-14H2,1-4H3. The molecule has 4 rings (SSSR count). The lowest BCUT2D eigenvalue weighted by Gasteiger charge is -2.02. The van der Waals surface area contributed by atoms with Gasteiger partial charge in [0.05, 0.1) is 25.3 Å². The predicted molar refractivity (Wildman–Crippen MR) is 168 cm³/mol. The highest BCUT2D eigenvalue weighted by Crippen LogP contribution is 2.41. The van der Waals surface area contributed by atoms with Crippen LogP contribution < -0.4 is 9.47 Å². The molecule has 0 atom stereocenters. The van der Waals surface area contributed by atoms with Crippen molar-refractivity contribution < 1.29 is 29.3 Å². The number of benzene rings is 2. The van der Waals surface area contributed by atoms with E-state index in [1.807, 2.05) is 38.1 Å². The largest absolute Gasteiger partial charge is 0.497 e. The molecule has 12 heteroatoms. The van der Waals surface area contributed by atoms with E-state index in [0.29, 0.717) is 48.2 Å². The van der Waals surface area contributed by atoms with E-state index in [2.05, 4.69) is 20.5 Å². The Morgan fingerprint density at radius 3 is 1.41 bits per heavy atom. The molecule has 0 bridgehead atoms. The maximum atomic E-state index is 12.3. The molecule has 2 amide bonds. The first-order valence-electron chi connectivity index (χ1n) is 15.0. The number of unbranched alkanes of at least 4 members (excludes halogenated alkanes) is 5. The molecule has 0 unspecified atom stereocenters. The van der Waals surface area contributed by atoms with Crippen LogP contribution in [0.4, 0.5) is 11.4 Å². The van der Waals surface area contributed by atoms with Crippen molar-refractivity contribution >= 4 is 45.0 Å². The average Bonchev–Trinajstić information content (AvgIpc) is 3.46. The van der Waals surface area contributed by atoms with E-state index < -0.39 is 0 Å². The molecule has 0 aliphatic heterocycles. The molecule has 44 heavy (non-hydrogen) atoms. The van der Waals surface area contributed by atoms with Crippen molar-refractivity contribution in [3.05, 3.63) is 36.4 Å². The number of aromatic hydroxyl groups is 2. The summed E-state index contributed by atoms with van der Waals surface area (Å²) in [5.74, 6) is 0.505. The van der Waals surface area contributed by atoms with Crippen LogP contribution in [0.15, 0.2) is 56.9 Å². The zero-order valence-corrected chi connectivity index (χ0v) is 25.7. The summed E-state index contributed by atoms with van der Waals surface area (Å²) in [5, 5.41) is 38.4. The average molecular weight is 605 g/mol. The first-order chi connectivity index (χ1) is 21.3. The predicted octanol–water partition coefficient (Wildman–Crippen LogP) is 8.11. The van der Waals surface area contributed by atoms with Crippen molar-refractivity contribution in [2.75, 3.05) is 14.2 Å². The number of amides is 2. The van der Waals surface area contributed by atoms with Gasteiger partial charge in [-0.05, 0) is 63.1 Å². The molecule has 12 nitrogen and oxygen atoms in total. The Morgan fingerprint density at radius 1 is 0.659 bits per heavy atom. The number of aromatic nitrogens is 2. The number of nitrogens with zero attached hydrogens (tertiary/aromatic N) is 6. The molecule has 2 aromatic heterocycles. The van der Waals surface area contributed by atoms with Crippen molar-refractivity contribution in [1.82, 2.24) is 9.13 Å². The van der Waals surface area contributed by atoms with Crippen LogP contribution in [0.2, 0.25) is 0 Å². The SMILES string of the molecule is CCn1c(O)c(N=NC(=O)CCCCCCCCC(=O)N=Nc2c(O)n(CC)c3ccc(OC)cc23)c2cc(OC)ccc21. The minimum Gasteiger partial charge on any atom is -0.497 e. The van der Waals surface area contributed by atoms with Gasteiger partial charge in [-0.25, -0.2) is 0 Å². The van der Waals surface area contributed by atoms with Crippen LogP contribution in [0.25, 0.3) is 21.8 Å². The van der Waals surface area contributed by atoms with Crippen LogP contribution in [-0.4, -0.2) is 45.4 Å². The molecule has 2 heterocycles. The highest BCUT2D eigenvalue weighted by atomic mass is 16.5. The van der Waals surface area contributed by atoms with Crippen LogP contribution in [0.5, 0.6) is 23.3 Å². The second-order valence-electron chi connectivity index (χ2n) is 10.4. The van der Waals surface area contributed by atoms with Gasteiger partial charge in [-0.3, -0.25) is 9.59 Å².